The number of carbonyl (C=O) groups is 1. The zero-order valence-corrected chi connectivity index (χ0v) is 15.2. The summed E-state index contributed by atoms with van der Waals surface area (Å²) >= 11 is 0. The number of para-hydroxylation sites is 1. The molecule has 2 aromatic carbocycles. The Morgan fingerprint density at radius 3 is 2.75 bits per heavy atom. The van der Waals surface area contributed by atoms with Crippen LogP contribution in [0.4, 0.5) is 10.1 Å². The molecule has 2 aromatic heterocycles. The van der Waals surface area contributed by atoms with Crippen LogP contribution in [0.5, 0.6) is 5.75 Å². The Balaban J connectivity index is 1.55. The van der Waals surface area contributed by atoms with Gasteiger partial charge in [0.15, 0.2) is 6.10 Å². The molecule has 0 aliphatic rings. The fourth-order valence-corrected chi connectivity index (χ4v) is 2.91. The number of anilines is 1. The van der Waals surface area contributed by atoms with Gasteiger partial charge in [-0.3, -0.25) is 4.79 Å². The SMILES string of the molecule is C[C@H](Oc1cccc(F)c1)C(=O)Nc1ccccc1-c1cn2ccccc2n1. The number of hydrogen-bond donors (Lipinski definition) is 1. The minimum Gasteiger partial charge on any atom is -0.481 e. The van der Waals surface area contributed by atoms with Crippen LogP contribution >= 0.6 is 0 Å². The van der Waals surface area contributed by atoms with Gasteiger partial charge in [-0.15, -0.1) is 0 Å². The van der Waals surface area contributed by atoms with E-state index in [4.69, 9.17) is 4.74 Å². The van der Waals surface area contributed by atoms with Crippen molar-refractivity contribution in [1.82, 2.24) is 9.38 Å². The van der Waals surface area contributed by atoms with E-state index in [0.717, 1.165) is 16.9 Å². The van der Waals surface area contributed by atoms with E-state index in [-0.39, 0.29) is 5.91 Å². The van der Waals surface area contributed by atoms with Crippen molar-refractivity contribution in [2.24, 2.45) is 0 Å². The second-order valence-electron chi connectivity index (χ2n) is 6.34. The summed E-state index contributed by atoms with van der Waals surface area (Å²) in [4.78, 5) is 17.2. The lowest BCUT2D eigenvalue weighted by Crippen LogP contribution is -2.30. The van der Waals surface area contributed by atoms with Crippen LogP contribution in [-0.4, -0.2) is 21.4 Å². The van der Waals surface area contributed by atoms with E-state index in [1.54, 1.807) is 13.0 Å². The molecule has 0 saturated carbocycles. The average Bonchev–Trinajstić information content (AvgIpc) is 3.12. The highest BCUT2D eigenvalue weighted by Gasteiger charge is 2.17. The van der Waals surface area contributed by atoms with Gasteiger partial charge in [-0.1, -0.05) is 30.3 Å². The van der Waals surface area contributed by atoms with Gasteiger partial charge in [-0.2, -0.15) is 0 Å². The van der Waals surface area contributed by atoms with Crippen LogP contribution < -0.4 is 10.1 Å². The molecule has 0 aliphatic heterocycles. The third-order valence-corrected chi connectivity index (χ3v) is 4.30. The number of carbonyl (C=O) groups excluding carboxylic acids is 1. The minimum absolute atomic E-state index is 0.302. The Morgan fingerprint density at radius 2 is 1.93 bits per heavy atom. The molecule has 0 unspecified atom stereocenters. The number of benzene rings is 2. The molecule has 0 spiro atoms. The normalized spacial score (nSPS) is 11.9. The molecule has 0 aliphatic carbocycles. The number of imidazole rings is 1. The Bertz CT molecular complexity index is 1110. The summed E-state index contributed by atoms with van der Waals surface area (Å²) in [6, 6.07) is 18.9. The summed E-state index contributed by atoms with van der Waals surface area (Å²) in [6.45, 7) is 1.62. The predicted molar refractivity (Wildman–Crippen MR) is 106 cm³/mol. The molecular formula is C22H18FN3O2. The number of nitrogens with zero attached hydrogens (tertiary/aromatic N) is 2. The lowest BCUT2D eigenvalue weighted by atomic mass is 10.1. The molecule has 0 fully saturated rings. The molecular weight excluding hydrogens is 357 g/mol. The predicted octanol–water partition coefficient (Wildman–Crippen LogP) is 4.55. The first-order chi connectivity index (χ1) is 13.6. The summed E-state index contributed by atoms with van der Waals surface area (Å²) < 4.78 is 20.8. The molecule has 2 heterocycles. The molecule has 0 bridgehead atoms. The number of halogens is 1. The largest absolute Gasteiger partial charge is 0.481 e. The van der Waals surface area contributed by atoms with Crippen molar-refractivity contribution in [3.63, 3.8) is 0 Å². The van der Waals surface area contributed by atoms with Crippen molar-refractivity contribution in [3.8, 4) is 17.0 Å². The molecule has 0 radical (unpaired) electrons. The summed E-state index contributed by atoms with van der Waals surface area (Å²) in [7, 11) is 0. The molecule has 1 N–H and O–H groups in total. The van der Waals surface area contributed by atoms with Crippen LogP contribution in [-0.2, 0) is 4.79 Å². The summed E-state index contributed by atoms with van der Waals surface area (Å²) in [5.41, 5.74) is 3.00. The molecule has 6 heteroatoms. The Hall–Kier alpha value is -3.67. The molecule has 5 nitrogen and oxygen atoms in total. The maximum atomic E-state index is 13.3. The van der Waals surface area contributed by atoms with Crippen LogP contribution in [0.3, 0.4) is 0 Å². The highest BCUT2D eigenvalue weighted by Crippen LogP contribution is 2.27. The van der Waals surface area contributed by atoms with Gasteiger partial charge in [-0.05, 0) is 37.3 Å². The Labute approximate surface area is 161 Å². The fraction of sp³-hybridized carbons (Fsp3) is 0.0909. The quantitative estimate of drug-likeness (QED) is 0.557. The highest BCUT2D eigenvalue weighted by molar-refractivity contribution is 5.97. The van der Waals surface area contributed by atoms with E-state index >= 15 is 0 Å². The first-order valence-electron chi connectivity index (χ1n) is 8.86. The van der Waals surface area contributed by atoms with E-state index in [9.17, 15) is 9.18 Å². The highest BCUT2D eigenvalue weighted by atomic mass is 19.1. The zero-order chi connectivity index (χ0) is 19.5. The Kier molecular flexibility index (Phi) is 4.76. The van der Waals surface area contributed by atoms with Crippen LogP contribution in [0.2, 0.25) is 0 Å². The monoisotopic (exact) mass is 375 g/mol. The van der Waals surface area contributed by atoms with E-state index < -0.39 is 11.9 Å². The third kappa shape index (κ3) is 3.71. The number of ether oxygens (including phenoxy) is 1. The average molecular weight is 375 g/mol. The number of nitrogens with one attached hydrogen (secondary N) is 1. The smallest absolute Gasteiger partial charge is 0.265 e. The lowest BCUT2D eigenvalue weighted by Gasteiger charge is -2.16. The van der Waals surface area contributed by atoms with Gasteiger partial charge in [-0.25, -0.2) is 9.37 Å². The van der Waals surface area contributed by atoms with E-state index in [0.29, 0.717) is 11.4 Å². The van der Waals surface area contributed by atoms with Crippen molar-refractivity contribution in [2.45, 2.75) is 13.0 Å². The first-order valence-corrected chi connectivity index (χ1v) is 8.86. The van der Waals surface area contributed by atoms with Crippen LogP contribution in [0.1, 0.15) is 6.92 Å². The summed E-state index contributed by atoms with van der Waals surface area (Å²) in [5.74, 6) is -0.445. The first kappa shape index (κ1) is 17.7. The molecule has 28 heavy (non-hydrogen) atoms. The second-order valence-corrected chi connectivity index (χ2v) is 6.34. The maximum Gasteiger partial charge on any atom is 0.265 e. The molecule has 140 valence electrons. The molecule has 1 amide bonds. The van der Waals surface area contributed by atoms with Gasteiger partial charge in [0.25, 0.3) is 5.91 Å². The number of fused-ring (bicyclic) bond motifs is 1. The van der Waals surface area contributed by atoms with Gasteiger partial charge < -0.3 is 14.5 Å². The summed E-state index contributed by atoms with van der Waals surface area (Å²) in [6.07, 6.45) is 3.03. The van der Waals surface area contributed by atoms with Gasteiger partial charge in [0.05, 0.1) is 11.4 Å². The minimum atomic E-state index is -0.795. The zero-order valence-electron chi connectivity index (χ0n) is 15.2. The lowest BCUT2D eigenvalue weighted by molar-refractivity contribution is -0.122. The third-order valence-electron chi connectivity index (χ3n) is 4.30. The van der Waals surface area contributed by atoms with Crippen LogP contribution in [0, 0.1) is 5.82 Å². The standard InChI is InChI=1S/C22H18FN3O2/c1-15(28-17-8-6-7-16(23)13-17)22(27)25-19-10-3-2-9-18(19)20-14-26-12-5-4-11-21(26)24-20/h2-15H,1H3,(H,25,27)/t15-/m0/s1. The van der Waals surface area contributed by atoms with Crippen LogP contribution in [0.15, 0.2) is 79.1 Å². The Morgan fingerprint density at radius 1 is 1.11 bits per heavy atom. The van der Waals surface area contributed by atoms with Crippen molar-refractivity contribution in [1.29, 1.82) is 0 Å². The number of amides is 1. The topological polar surface area (TPSA) is 55.6 Å². The number of pyridine rings is 1. The number of hydrogen-bond acceptors (Lipinski definition) is 3. The molecule has 0 saturated heterocycles. The van der Waals surface area contributed by atoms with E-state index in [1.165, 1.54) is 18.2 Å². The van der Waals surface area contributed by atoms with E-state index in [2.05, 4.69) is 10.3 Å². The van der Waals surface area contributed by atoms with Gasteiger partial charge >= 0.3 is 0 Å². The number of aromatic nitrogens is 2. The van der Waals surface area contributed by atoms with Crippen molar-refractivity contribution in [2.75, 3.05) is 5.32 Å². The van der Waals surface area contributed by atoms with Gasteiger partial charge in [0.1, 0.15) is 17.2 Å². The van der Waals surface area contributed by atoms with Crippen molar-refractivity contribution >= 4 is 17.2 Å². The fourth-order valence-electron chi connectivity index (χ4n) is 2.91. The second kappa shape index (κ2) is 7.52. The molecule has 1 atom stereocenters. The molecule has 4 rings (SSSR count). The molecule has 4 aromatic rings. The van der Waals surface area contributed by atoms with Crippen LogP contribution in [0.25, 0.3) is 16.9 Å². The van der Waals surface area contributed by atoms with Gasteiger partial charge in [0, 0.05) is 24.0 Å². The van der Waals surface area contributed by atoms with Crippen molar-refractivity contribution in [3.05, 3.63) is 84.9 Å². The van der Waals surface area contributed by atoms with E-state index in [1.807, 2.05) is 59.3 Å². The summed E-state index contributed by atoms with van der Waals surface area (Å²) in [5, 5.41) is 2.88. The van der Waals surface area contributed by atoms with Gasteiger partial charge in [0.2, 0.25) is 0 Å². The number of rotatable bonds is 5. The maximum absolute atomic E-state index is 13.3. The van der Waals surface area contributed by atoms with Crippen molar-refractivity contribution < 1.29 is 13.9 Å².